The third kappa shape index (κ3) is 2.47. The molecule has 0 atom stereocenters. The van der Waals surface area contributed by atoms with Crippen molar-refractivity contribution >= 4 is 22.5 Å². The zero-order valence-electron chi connectivity index (χ0n) is 11.6. The number of hydrogen-bond acceptors (Lipinski definition) is 3. The second kappa shape index (κ2) is 5.63. The van der Waals surface area contributed by atoms with E-state index < -0.39 is 5.82 Å². The van der Waals surface area contributed by atoms with Crippen LogP contribution in [0, 0.1) is 17.1 Å². The third-order valence-corrected chi connectivity index (χ3v) is 3.59. The standard InChI is InChI=1S/C17H10ClFN2O/c1-22-12-3-5-13(16(19)8-12)15-7-11(9-20)21-17-6-10(18)2-4-14(15)17/h2-8H,1H3. The van der Waals surface area contributed by atoms with E-state index in [-0.39, 0.29) is 5.69 Å². The molecule has 0 aliphatic heterocycles. The molecule has 0 saturated carbocycles. The Morgan fingerprint density at radius 3 is 2.64 bits per heavy atom. The Labute approximate surface area is 131 Å². The number of ether oxygens (including phenoxy) is 1. The van der Waals surface area contributed by atoms with Gasteiger partial charge in [0, 0.05) is 22.0 Å². The summed E-state index contributed by atoms with van der Waals surface area (Å²) in [6.07, 6.45) is 0. The summed E-state index contributed by atoms with van der Waals surface area (Å²) in [5.41, 5.74) is 1.74. The Morgan fingerprint density at radius 2 is 1.95 bits per heavy atom. The van der Waals surface area contributed by atoms with Crippen molar-refractivity contribution < 1.29 is 9.13 Å². The molecule has 0 amide bonds. The van der Waals surface area contributed by atoms with Crippen LogP contribution in [0.4, 0.5) is 4.39 Å². The highest BCUT2D eigenvalue weighted by Crippen LogP contribution is 2.33. The van der Waals surface area contributed by atoms with E-state index in [9.17, 15) is 4.39 Å². The molecule has 0 unspecified atom stereocenters. The molecule has 3 rings (SSSR count). The number of nitriles is 1. The maximum Gasteiger partial charge on any atom is 0.141 e. The molecule has 3 aromatic rings. The van der Waals surface area contributed by atoms with Gasteiger partial charge in [-0.05, 0) is 35.9 Å². The van der Waals surface area contributed by atoms with E-state index in [4.69, 9.17) is 21.6 Å². The summed E-state index contributed by atoms with van der Waals surface area (Å²) in [7, 11) is 1.48. The number of halogens is 2. The average molecular weight is 313 g/mol. The van der Waals surface area contributed by atoms with Gasteiger partial charge in [0.2, 0.25) is 0 Å². The molecule has 0 aliphatic rings. The van der Waals surface area contributed by atoms with Gasteiger partial charge in [0.1, 0.15) is 23.3 Å². The van der Waals surface area contributed by atoms with E-state index in [1.807, 2.05) is 6.07 Å². The first-order chi connectivity index (χ1) is 10.6. The fraction of sp³-hybridized carbons (Fsp3) is 0.0588. The number of fused-ring (bicyclic) bond motifs is 1. The van der Waals surface area contributed by atoms with Crippen molar-refractivity contribution in [2.45, 2.75) is 0 Å². The number of pyridine rings is 1. The largest absolute Gasteiger partial charge is 0.497 e. The monoisotopic (exact) mass is 312 g/mol. The van der Waals surface area contributed by atoms with E-state index in [2.05, 4.69) is 4.98 Å². The van der Waals surface area contributed by atoms with Crippen molar-refractivity contribution in [3.8, 4) is 22.9 Å². The number of aromatic nitrogens is 1. The lowest BCUT2D eigenvalue weighted by Crippen LogP contribution is -1.93. The number of rotatable bonds is 2. The van der Waals surface area contributed by atoms with E-state index in [0.29, 0.717) is 27.4 Å². The highest BCUT2D eigenvalue weighted by atomic mass is 35.5. The average Bonchev–Trinajstić information content (AvgIpc) is 2.53. The molecule has 0 radical (unpaired) electrons. The molecule has 0 saturated heterocycles. The van der Waals surface area contributed by atoms with Gasteiger partial charge in [-0.2, -0.15) is 5.26 Å². The van der Waals surface area contributed by atoms with Crippen LogP contribution in [0.2, 0.25) is 5.02 Å². The van der Waals surface area contributed by atoms with Crippen LogP contribution < -0.4 is 4.74 Å². The van der Waals surface area contributed by atoms with Crippen LogP contribution in [0.25, 0.3) is 22.0 Å². The predicted molar refractivity (Wildman–Crippen MR) is 83.4 cm³/mol. The molecule has 0 bridgehead atoms. The number of hydrogen-bond donors (Lipinski definition) is 0. The van der Waals surface area contributed by atoms with Gasteiger partial charge in [-0.1, -0.05) is 17.7 Å². The predicted octanol–water partition coefficient (Wildman–Crippen LogP) is 4.57. The quantitative estimate of drug-likeness (QED) is 0.696. The molecule has 2 aromatic carbocycles. The van der Waals surface area contributed by atoms with Crippen LogP contribution >= 0.6 is 11.6 Å². The first kappa shape index (κ1) is 14.3. The Bertz CT molecular complexity index is 918. The van der Waals surface area contributed by atoms with Crippen molar-refractivity contribution in [3.63, 3.8) is 0 Å². The summed E-state index contributed by atoms with van der Waals surface area (Å²) in [6.45, 7) is 0. The van der Waals surface area contributed by atoms with Crippen molar-refractivity contribution in [2.24, 2.45) is 0 Å². The molecule has 0 spiro atoms. The van der Waals surface area contributed by atoms with Gasteiger partial charge in [-0.3, -0.25) is 0 Å². The Morgan fingerprint density at radius 1 is 1.14 bits per heavy atom. The topological polar surface area (TPSA) is 45.9 Å². The lowest BCUT2D eigenvalue weighted by atomic mass is 9.99. The zero-order valence-corrected chi connectivity index (χ0v) is 12.4. The van der Waals surface area contributed by atoms with Crippen LogP contribution in [-0.4, -0.2) is 12.1 Å². The fourth-order valence-electron chi connectivity index (χ4n) is 2.32. The maximum atomic E-state index is 14.4. The first-order valence-corrected chi connectivity index (χ1v) is 6.84. The van der Waals surface area contributed by atoms with E-state index in [0.717, 1.165) is 5.39 Å². The molecule has 3 nitrogen and oxygen atoms in total. The SMILES string of the molecule is COc1ccc(-c2cc(C#N)nc3cc(Cl)ccc23)c(F)c1. The van der Waals surface area contributed by atoms with Crippen molar-refractivity contribution in [2.75, 3.05) is 7.11 Å². The van der Waals surface area contributed by atoms with Gasteiger partial charge in [0.25, 0.3) is 0 Å². The van der Waals surface area contributed by atoms with Gasteiger partial charge in [-0.15, -0.1) is 0 Å². The van der Waals surface area contributed by atoms with Gasteiger partial charge in [0.15, 0.2) is 0 Å². The van der Waals surface area contributed by atoms with Crippen LogP contribution in [0.5, 0.6) is 5.75 Å². The summed E-state index contributed by atoms with van der Waals surface area (Å²) in [5.74, 6) is 0.00820. The second-order valence-corrected chi connectivity index (χ2v) is 5.11. The smallest absolute Gasteiger partial charge is 0.141 e. The third-order valence-electron chi connectivity index (χ3n) is 3.35. The summed E-state index contributed by atoms with van der Waals surface area (Å²) in [5, 5.41) is 10.4. The van der Waals surface area contributed by atoms with E-state index in [1.54, 1.807) is 36.4 Å². The molecule has 22 heavy (non-hydrogen) atoms. The summed E-state index contributed by atoms with van der Waals surface area (Å²) >= 11 is 5.97. The molecule has 1 aromatic heterocycles. The van der Waals surface area contributed by atoms with E-state index in [1.165, 1.54) is 13.2 Å². The summed E-state index contributed by atoms with van der Waals surface area (Å²) < 4.78 is 19.4. The second-order valence-electron chi connectivity index (χ2n) is 4.67. The molecule has 0 fully saturated rings. The number of methoxy groups -OCH3 is 1. The minimum absolute atomic E-state index is 0.208. The summed E-state index contributed by atoms with van der Waals surface area (Å²) in [6, 6.07) is 13.3. The number of benzene rings is 2. The fourth-order valence-corrected chi connectivity index (χ4v) is 2.49. The first-order valence-electron chi connectivity index (χ1n) is 6.46. The molecule has 0 N–H and O–H groups in total. The minimum Gasteiger partial charge on any atom is -0.497 e. The van der Waals surface area contributed by atoms with Crippen LogP contribution in [0.1, 0.15) is 5.69 Å². The Kier molecular flexibility index (Phi) is 3.66. The van der Waals surface area contributed by atoms with Crippen LogP contribution in [0.15, 0.2) is 42.5 Å². The molecule has 1 heterocycles. The number of nitrogens with zero attached hydrogens (tertiary/aromatic N) is 2. The maximum absolute atomic E-state index is 14.4. The van der Waals surface area contributed by atoms with Gasteiger partial charge in [0.05, 0.1) is 12.6 Å². The highest BCUT2D eigenvalue weighted by molar-refractivity contribution is 6.31. The molecular weight excluding hydrogens is 303 g/mol. The van der Waals surface area contributed by atoms with Crippen LogP contribution in [0.3, 0.4) is 0 Å². The van der Waals surface area contributed by atoms with Gasteiger partial charge >= 0.3 is 0 Å². The van der Waals surface area contributed by atoms with Gasteiger partial charge < -0.3 is 4.74 Å². The zero-order chi connectivity index (χ0) is 15.7. The lowest BCUT2D eigenvalue weighted by Gasteiger charge is -2.10. The van der Waals surface area contributed by atoms with Crippen LogP contribution in [-0.2, 0) is 0 Å². The van der Waals surface area contributed by atoms with Crippen molar-refractivity contribution in [3.05, 3.63) is 59.0 Å². The van der Waals surface area contributed by atoms with E-state index >= 15 is 0 Å². The summed E-state index contributed by atoms with van der Waals surface area (Å²) in [4.78, 5) is 4.21. The van der Waals surface area contributed by atoms with Crippen molar-refractivity contribution in [1.29, 1.82) is 5.26 Å². The molecule has 0 aliphatic carbocycles. The van der Waals surface area contributed by atoms with Crippen molar-refractivity contribution in [1.82, 2.24) is 4.98 Å². The Balaban J connectivity index is 2.32. The molecular formula is C17H10ClFN2O. The molecule has 108 valence electrons. The highest BCUT2D eigenvalue weighted by Gasteiger charge is 2.13. The Hall–Kier alpha value is -2.64. The molecule has 5 heteroatoms. The van der Waals surface area contributed by atoms with Gasteiger partial charge in [-0.25, -0.2) is 9.37 Å². The minimum atomic E-state index is -0.425. The normalized spacial score (nSPS) is 10.5. The lowest BCUT2D eigenvalue weighted by molar-refractivity contribution is 0.411.